The minimum absolute atomic E-state index is 0.414. The number of ether oxygens (including phenoxy) is 3. The number of rotatable bonds is 4. The van der Waals surface area contributed by atoms with Crippen LogP contribution in [0.4, 0.5) is 0 Å². The van der Waals surface area contributed by atoms with Gasteiger partial charge in [0.25, 0.3) is 0 Å². The minimum atomic E-state index is -0.709. The van der Waals surface area contributed by atoms with Crippen LogP contribution >= 0.6 is 0 Å². The molecule has 118 valence electrons. The molecular formula is C18H17NO4. The Balaban J connectivity index is 1.91. The van der Waals surface area contributed by atoms with Crippen LogP contribution in [0.3, 0.4) is 0 Å². The average Bonchev–Trinajstić information content (AvgIpc) is 3.07. The van der Waals surface area contributed by atoms with E-state index in [1.54, 1.807) is 7.11 Å². The third kappa shape index (κ3) is 3.04. The fourth-order valence-corrected chi connectivity index (χ4v) is 2.48. The van der Waals surface area contributed by atoms with Crippen molar-refractivity contribution in [3.05, 3.63) is 65.7 Å². The van der Waals surface area contributed by atoms with Gasteiger partial charge in [-0.3, -0.25) is 0 Å². The van der Waals surface area contributed by atoms with Gasteiger partial charge in [0.15, 0.2) is 12.1 Å². The van der Waals surface area contributed by atoms with Crippen LogP contribution in [0.2, 0.25) is 0 Å². The Bertz CT molecular complexity index is 710. The van der Waals surface area contributed by atoms with Gasteiger partial charge in [0.2, 0.25) is 5.90 Å². The number of esters is 1. The van der Waals surface area contributed by atoms with Crippen molar-refractivity contribution >= 4 is 11.9 Å². The number of nitrogens with zero attached hydrogens (tertiary/aromatic N) is 1. The lowest BCUT2D eigenvalue weighted by Gasteiger charge is -2.16. The van der Waals surface area contributed by atoms with Crippen molar-refractivity contribution in [1.82, 2.24) is 0 Å². The highest BCUT2D eigenvalue weighted by Crippen LogP contribution is 2.32. The summed E-state index contributed by atoms with van der Waals surface area (Å²) in [5, 5.41) is 0. The van der Waals surface area contributed by atoms with E-state index in [4.69, 9.17) is 14.2 Å². The number of carbonyl (C=O) groups is 1. The first kappa shape index (κ1) is 15.1. The Kier molecular flexibility index (Phi) is 4.28. The molecule has 23 heavy (non-hydrogen) atoms. The zero-order chi connectivity index (χ0) is 16.2. The van der Waals surface area contributed by atoms with Crippen LogP contribution in [0.15, 0.2) is 59.6 Å². The number of benzene rings is 2. The molecular weight excluding hydrogens is 294 g/mol. The summed E-state index contributed by atoms with van der Waals surface area (Å²) >= 11 is 0. The van der Waals surface area contributed by atoms with Crippen molar-refractivity contribution in [3.8, 4) is 5.75 Å². The fraction of sp³-hybridized carbons (Fsp3) is 0.222. The molecule has 1 aliphatic heterocycles. The van der Waals surface area contributed by atoms with E-state index in [0.717, 1.165) is 16.9 Å². The first-order valence-electron chi connectivity index (χ1n) is 7.24. The highest BCUT2D eigenvalue weighted by Gasteiger charge is 2.38. The topological polar surface area (TPSA) is 57.1 Å². The quantitative estimate of drug-likeness (QED) is 0.815. The van der Waals surface area contributed by atoms with Crippen LogP contribution in [0.25, 0.3) is 0 Å². The molecule has 1 aliphatic rings. The maximum atomic E-state index is 12.0. The number of hydrogen-bond donors (Lipinski definition) is 0. The Hall–Kier alpha value is -2.82. The molecule has 0 aliphatic carbocycles. The molecule has 0 amide bonds. The number of carbonyl (C=O) groups excluding carboxylic acids is 1. The van der Waals surface area contributed by atoms with Gasteiger partial charge in [0.05, 0.1) is 14.2 Å². The van der Waals surface area contributed by atoms with Crippen LogP contribution in [0.5, 0.6) is 5.75 Å². The third-order valence-corrected chi connectivity index (χ3v) is 3.69. The van der Waals surface area contributed by atoms with Gasteiger partial charge >= 0.3 is 5.97 Å². The SMILES string of the molecule is COC(=O)[C@H]1N=C(c2ccc(OC)cc2)O[C@@H]1c1ccccc1. The van der Waals surface area contributed by atoms with E-state index in [2.05, 4.69) is 4.99 Å². The van der Waals surface area contributed by atoms with E-state index < -0.39 is 18.1 Å². The van der Waals surface area contributed by atoms with Gasteiger partial charge in [-0.05, 0) is 29.8 Å². The van der Waals surface area contributed by atoms with Gasteiger partial charge in [-0.1, -0.05) is 30.3 Å². The van der Waals surface area contributed by atoms with Crippen molar-refractivity contribution in [2.24, 2.45) is 4.99 Å². The summed E-state index contributed by atoms with van der Waals surface area (Å²) in [7, 11) is 2.96. The normalized spacial score (nSPS) is 19.7. The molecule has 0 radical (unpaired) electrons. The van der Waals surface area contributed by atoms with Crippen LogP contribution in [0, 0.1) is 0 Å². The van der Waals surface area contributed by atoms with E-state index >= 15 is 0 Å². The minimum Gasteiger partial charge on any atom is -0.497 e. The Morgan fingerprint density at radius 1 is 1.04 bits per heavy atom. The van der Waals surface area contributed by atoms with Crippen molar-refractivity contribution in [2.75, 3.05) is 14.2 Å². The molecule has 0 unspecified atom stereocenters. The Morgan fingerprint density at radius 3 is 2.35 bits per heavy atom. The van der Waals surface area contributed by atoms with E-state index in [0.29, 0.717) is 5.90 Å². The first-order valence-corrected chi connectivity index (χ1v) is 7.24. The predicted octanol–water partition coefficient (Wildman–Crippen LogP) is 2.75. The molecule has 0 saturated heterocycles. The maximum absolute atomic E-state index is 12.0. The number of aliphatic imine (C=N–C) groups is 1. The zero-order valence-corrected chi connectivity index (χ0v) is 12.9. The summed E-state index contributed by atoms with van der Waals surface area (Å²) in [6.45, 7) is 0. The lowest BCUT2D eigenvalue weighted by Crippen LogP contribution is -2.25. The van der Waals surface area contributed by atoms with E-state index in [1.807, 2.05) is 54.6 Å². The van der Waals surface area contributed by atoms with Crippen LogP contribution in [-0.2, 0) is 14.3 Å². The monoisotopic (exact) mass is 311 g/mol. The lowest BCUT2D eigenvalue weighted by molar-refractivity contribution is -0.143. The standard InChI is InChI=1S/C18H17NO4/c1-21-14-10-8-13(9-11-14)17-19-15(18(20)22-2)16(23-17)12-6-4-3-5-7-12/h3-11,15-16H,1-2H3/t15-,16+/m0/s1. The first-order chi connectivity index (χ1) is 11.2. The largest absolute Gasteiger partial charge is 0.497 e. The summed E-state index contributed by atoms with van der Waals surface area (Å²) in [5.41, 5.74) is 1.67. The third-order valence-electron chi connectivity index (χ3n) is 3.69. The van der Waals surface area contributed by atoms with E-state index in [9.17, 15) is 4.79 Å². The highest BCUT2D eigenvalue weighted by molar-refractivity contribution is 5.98. The van der Waals surface area contributed by atoms with Crippen LogP contribution in [-0.4, -0.2) is 32.1 Å². The summed E-state index contributed by atoms with van der Waals surface area (Å²) in [5.74, 6) is 0.760. The van der Waals surface area contributed by atoms with Gasteiger partial charge in [-0.25, -0.2) is 9.79 Å². The number of hydrogen-bond acceptors (Lipinski definition) is 5. The second-order valence-corrected chi connectivity index (χ2v) is 5.08. The molecule has 0 saturated carbocycles. The lowest BCUT2D eigenvalue weighted by atomic mass is 10.0. The van der Waals surface area contributed by atoms with Gasteiger partial charge in [-0.2, -0.15) is 0 Å². The zero-order valence-electron chi connectivity index (χ0n) is 12.9. The maximum Gasteiger partial charge on any atom is 0.335 e. The van der Waals surface area contributed by atoms with Gasteiger partial charge in [0.1, 0.15) is 5.75 Å². The van der Waals surface area contributed by atoms with Gasteiger partial charge in [0, 0.05) is 5.56 Å². The summed E-state index contributed by atoms with van der Waals surface area (Å²) in [6.07, 6.45) is -0.485. The second kappa shape index (κ2) is 6.52. The molecule has 0 bridgehead atoms. The van der Waals surface area contributed by atoms with Crippen molar-refractivity contribution in [3.63, 3.8) is 0 Å². The summed E-state index contributed by atoms with van der Waals surface area (Å²) < 4.78 is 16.0. The van der Waals surface area contributed by atoms with Gasteiger partial charge < -0.3 is 14.2 Å². The molecule has 0 fully saturated rings. The van der Waals surface area contributed by atoms with Gasteiger partial charge in [-0.15, -0.1) is 0 Å². The molecule has 0 aromatic heterocycles. The molecule has 2 atom stereocenters. The molecule has 5 heteroatoms. The fourth-order valence-electron chi connectivity index (χ4n) is 2.48. The predicted molar refractivity (Wildman–Crippen MR) is 85.6 cm³/mol. The van der Waals surface area contributed by atoms with Crippen LogP contribution in [0.1, 0.15) is 17.2 Å². The molecule has 3 rings (SSSR count). The Morgan fingerprint density at radius 2 is 1.74 bits per heavy atom. The van der Waals surface area contributed by atoms with Crippen molar-refractivity contribution < 1.29 is 19.0 Å². The smallest absolute Gasteiger partial charge is 0.335 e. The number of methoxy groups -OCH3 is 2. The Labute approximate surface area is 134 Å². The molecule has 1 heterocycles. The molecule has 0 spiro atoms. The van der Waals surface area contributed by atoms with Crippen molar-refractivity contribution in [2.45, 2.75) is 12.1 Å². The van der Waals surface area contributed by atoms with E-state index in [1.165, 1.54) is 7.11 Å². The molecule has 2 aromatic rings. The van der Waals surface area contributed by atoms with Crippen molar-refractivity contribution in [1.29, 1.82) is 0 Å². The second-order valence-electron chi connectivity index (χ2n) is 5.08. The van der Waals surface area contributed by atoms with Crippen LogP contribution < -0.4 is 4.74 Å². The molecule has 0 N–H and O–H groups in total. The van der Waals surface area contributed by atoms with E-state index in [-0.39, 0.29) is 0 Å². The average molecular weight is 311 g/mol. The summed E-state index contributed by atoms with van der Waals surface area (Å²) in [6, 6.07) is 16.2. The molecule has 5 nitrogen and oxygen atoms in total. The highest BCUT2D eigenvalue weighted by atomic mass is 16.5. The summed E-state index contributed by atoms with van der Waals surface area (Å²) in [4.78, 5) is 16.5. The molecule has 2 aromatic carbocycles.